The van der Waals surface area contributed by atoms with Gasteiger partial charge in [0.2, 0.25) is 0 Å². The fourth-order valence-electron chi connectivity index (χ4n) is 1.25. The highest BCUT2D eigenvalue weighted by molar-refractivity contribution is 9.09. The van der Waals surface area contributed by atoms with Gasteiger partial charge in [-0.25, -0.2) is 0 Å². The van der Waals surface area contributed by atoms with E-state index in [0.29, 0.717) is 10.0 Å². The van der Waals surface area contributed by atoms with Gasteiger partial charge in [-0.3, -0.25) is 0 Å². The zero-order valence-electron chi connectivity index (χ0n) is 8.28. The molecule has 0 saturated heterocycles. The number of halogens is 3. The first kappa shape index (κ1) is 12.4. The second kappa shape index (κ2) is 4.87. The topological polar surface area (TPSA) is 0 Å². The van der Waals surface area contributed by atoms with Gasteiger partial charge < -0.3 is 0 Å². The van der Waals surface area contributed by atoms with Gasteiger partial charge in [-0.1, -0.05) is 65.1 Å². The molecule has 0 aliphatic rings. The van der Waals surface area contributed by atoms with E-state index in [1.807, 2.05) is 18.2 Å². The Kier molecular flexibility index (Phi) is 4.30. The van der Waals surface area contributed by atoms with Crippen LogP contribution in [0.2, 0.25) is 10.0 Å². The Bertz CT molecular complexity index is 321. The second-order valence-corrected chi connectivity index (χ2v) is 5.53. The quantitative estimate of drug-likeness (QED) is 0.692. The smallest absolute Gasteiger partial charge is 0.0624 e. The average Bonchev–Trinajstić information content (AvgIpc) is 2.13. The predicted octanol–water partition coefficient (Wildman–Crippen LogP) is 4.96. The monoisotopic (exact) mass is 294 g/mol. The highest BCUT2D eigenvalue weighted by Gasteiger charge is 2.18. The van der Waals surface area contributed by atoms with Crippen LogP contribution in [0.1, 0.15) is 19.4 Å². The molecule has 0 unspecified atom stereocenters. The number of rotatable bonds is 3. The van der Waals surface area contributed by atoms with E-state index >= 15 is 0 Å². The maximum atomic E-state index is 6.11. The summed E-state index contributed by atoms with van der Waals surface area (Å²) in [6.45, 7) is 4.39. The van der Waals surface area contributed by atoms with Gasteiger partial charge in [-0.2, -0.15) is 0 Å². The van der Waals surface area contributed by atoms with Gasteiger partial charge in [0.1, 0.15) is 0 Å². The lowest BCUT2D eigenvalue weighted by molar-refractivity contribution is 0.425. The molecule has 0 amide bonds. The van der Waals surface area contributed by atoms with Crippen molar-refractivity contribution >= 4 is 39.1 Å². The molecule has 0 aliphatic carbocycles. The van der Waals surface area contributed by atoms with Gasteiger partial charge in [0.25, 0.3) is 0 Å². The van der Waals surface area contributed by atoms with Crippen LogP contribution in [-0.2, 0) is 6.42 Å². The van der Waals surface area contributed by atoms with Crippen molar-refractivity contribution in [2.24, 2.45) is 5.41 Å². The van der Waals surface area contributed by atoms with E-state index in [9.17, 15) is 0 Å². The molecular weight excluding hydrogens is 283 g/mol. The van der Waals surface area contributed by atoms with Crippen molar-refractivity contribution in [3.63, 3.8) is 0 Å². The Hall–Kier alpha value is 0.280. The fraction of sp³-hybridized carbons (Fsp3) is 0.455. The lowest BCUT2D eigenvalue weighted by atomic mass is 9.88. The third kappa shape index (κ3) is 3.15. The van der Waals surface area contributed by atoms with Crippen molar-refractivity contribution in [1.29, 1.82) is 0 Å². The van der Waals surface area contributed by atoms with E-state index in [1.165, 1.54) is 0 Å². The lowest BCUT2D eigenvalue weighted by Crippen LogP contribution is -2.16. The molecule has 0 aromatic heterocycles. The van der Waals surface area contributed by atoms with Gasteiger partial charge in [0.15, 0.2) is 0 Å². The summed E-state index contributed by atoms with van der Waals surface area (Å²) in [4.78, 5) is 0. The SMILES string of the molecule is CC(C)(CBr)Cc1cccc(Cl)c1Cl. The van der Waals surface area contributed by atoms with Crippen molar-refractivity contribution in [1.82, 2.24) is 0 Å². The Balaban J connectivity index is 2.92. The molecule has 3 heteroatoms. The summed E-state index contributed by atoms with van der Waals surface area (Å²) in [5, 5.41) is 2.26. The molecule has 0 nitrogen and oxygen atoms in total. The Labute approximate surface area is 104 Å². The van der Waals surface area contributed by atoms with Crippen LogP contribution in [0.3, 0.4) is 0 Å². The first-order chi connectivity index (χ1) is 6.46. The van der Waals surface area contributed by atoms with E-state index in [4.69, 9.17) is 23.2 Å². The number of hydrogen-bond donors (Lipinski definition) is 0. The molecule has 1 aromatic carbocycles. The minimum Gasteiger partial charge on any atom is -0.0922 e. The maximum absolute atomic E-state index is 6.11. The molecule has 1 aromatic rings. The van der Waals surface area contributed by atoms with Gasteiger partial charge in [-0.05, 0) is 23.5 Å². The summed E-state index contributed by atoms with van der Waals surface area (Å²) in [5.74, 6) is 0. The highest BCUT2D eigenvalue weighted by Crippen LogP contribution is 2.31. The van der Waals surface area contributed by atoms with Gasteiger partial charge >= 0.3 is 0 Å². The molecule has 1 rings (SSSR count). The summed E-state index contributed by atoms with van der Waals surface area (Å²) in [6.07, 6.45) is 0.928. The average molecular weight is 296 g/mol. The molecule has 0 bridgehead atoms. The van der Waals surface area contributed by atoms with Crippen LogP contribution in [0.5, 0.6) is 0 Å². The number of benzene rings is 1. The number of alkyl halides is 1. The maximum Gasteiger partial charge on any atom is 0.0624 e. The normalized spacial score (nSPS) is 11.8. The minimum absolute atomic E-state index is 0.203. The molecule has 0 spiro atoms. The third-order valence-corrected chi connectivity index (χ3v) is 4.44. The summed E-state index contributed by atoms with van der Waals surface area (Å²) in [6, 6.07) is 5.78. The van der Waals surface area contributed by atoms with Crippen LogP contribution >= 0.6 is 39.1 Å². The largest absolute Gasteiger partial charge is 0.0922 e. The first-order valence-electron chi connectivity index (χ1n) is 4.45. The summed E-state index contributed by atoms with van der Waals surface area (Å²) in [5.41, 5.74) is 1.32. The molecule has 0 radical (unpaired) electrons. The molecule has 0 atom stereocenters. The molecule has 0 saturated carbocycles. The zero-order valence-corrected chi connectivity index (χ0v) is 11.4. The molecule has 0 aliphatic heterocycles. The van der Waals surface area contributed by atoms with Crippen molar-refractivity contribution in [2.45, 2.75) is 20.3 Å². The van der Waals surface area contributed by atoms with E-state index in [1.54, 1.807) is 0 Å². The predicted molar refractivity (Wildman–Crippen MR) is 67.7 cm³/mol. The van der Waals surface area contributed by atoms with Crippen molar-refractivity contribution < 1.29 is 0 Å². The Morgan fingerprint density at radius 2 is 1.93 bits per heavy atom. The van der Waals surface area contributed by atoms with Crippen molar-refractivity contribution in [3.8, 4) is 0 Å². The molecular formula is C11H13BrCl2. The van der Waals surface area contributed by atoms with Crippen molar-refractivity contribution in [3.05, 3.63) is 33.8 Å². The van der Waals surface area contributed by atoms with E-state index < -0.39 is 0 Å². The number of hydrogen-bond acceptors (Lipinski definition) is 0. The van der Waals surface area contributed by atoms with Crippen LogP contribution in [0, 0.1) is 5.41 Å². The van der Waals surface area contributed by atoms with E-state index in [-0.39, 0.29) is 5.41 Å². The first-order valence-corrected chi connectivity index (χ1v) is 6.33. The van der Waals surface area contributed by atoms with E-state index in [0.717, 1.165) is 17.3 Å². The van der Waals surface area contributed by atoms with Crippen molar-refractivity contribution in [2.75, 3.05) is 5.33 Å². The van der Waals surface area contributed by atoms with Crippen LogP contribution in [0.25, 0.3) is 0 Å². The summed E-state index contributed by atoms with van der Waals surface area (Å²) in [7, 11) is 0. The van der Waals surface area contributed by atoms with Crippen LogP contribution < -0.4 is 0 Å². The minimum atomic E-state index is 0.203. The molecule has 0 fully saturated rings. The lowest BCUT2D eigenvalue weighted by Gasteiger charge is -2.22. The second-order valence-electron chi connectivity index (χ2n) is 4.19. The highest BCUT2D eigenvalue weighted by atomic mass is 79.9. The standard InChI is InChI=1S/C11H13BrCl2/c1-11(2,7-12)6-8-4-3-5-9(13)10(8)14/h3-5H,6-7H2,1-2H3. The Morgan fingerprint density at radius 1 is 1.29 bits per heavy atom. The van der Waals surface area contributed by atoms with Crippen LogP contribution in [0.15, 0.2) is 18.2 Å². The Morgan fingerprint density at radius 3 is 2.50 bits per heavy atom. The third-order valence-electron chi connectivity index (χ3n) is 2.06. The zero-order chi connectivity index (χ0) is 10.8. The molecule has 14 heavy (non-hydrogen) atoms. The summed E-state index contributed by atoms with van der Waals surface area (Å²) >= 11 is 15.5. The van der Waals surface area contributed by atoms with Gasteiger partial charge in [0.05, 0.1) is 10.0 Å². The van der Waals surface area contributed by atoms with Gasteiger partial charge in [0, 0.05) is 5.33 Å². The van der Waals surface area contributed by atoms with Crippen LogP contribution in [0.4, 0.5) is 0 Å². The molecule has 78 valence electrons. The van der Waals surface area contributed by atoms with E-state index in [2.05, 4.69) is 29.8 Å². The molecule has 0 heterocycles. The van der Waals surface area contributed by atoms with Gasteiger partial charge in [-0.15, -0.1) is 0 Å². The fourth-order valence-corrected chi connectivity index (χ4v) is 1.83. The molecule has 0 N–H and O–H groups in total. The summed E-state index contributed by atoms with van der Waals surface area (Å²) < 4.78 is 0. The van der Waals surface area contributed by atoms with Crippen LogP contribution in [-0.4, -0.2) is 5.33 Å².